The zero-order valence-corrected chi connectivity index (χ0v) is 3.72. The molecule has 0 bridgehead atoms. The van der Waals surface area contributed by atoms with Crippen LogP contribution < -0.4 is 0 Å². The molecule has 0 spiro atoms. The van der Waals surface area contributed by atoms with Gasteiger partial charge in [0, 0.05) is 0 Å². The summed E-state index contributed by atoms with van der Waals surface area (Å²) in [5.41, 5.74) is 0. The van der Waals surface area contributed by atoms with Crippen LogP contribution in [0.25, 0.3) is 0 Å². The van der Waals surface area contributed by atoms with E-state index >= 15 is 0 Å². The molecule has 6 heavy (non-hydrogen) atoms. The predicted octanol–water partition coefficient (Wildman–Crippen LogP) is 1.89. The highest BCUT2D eigenvalue weighted by molar-refractivity contribution is 5.07. The maximum absolute atomic E-state index is 2.18. The van der Waals surface area contributed by atoms with Gasteiger partial charge in [0.15, 0.2) is 0 Å². The summed E-state index contributed by atoms with van der Waals surface area (Å²) in [4.78, 5) is 0. The van der Waals surface area contributed by atoms with Crippen LogP contribution in [0.1, 0.15) is 12.8 Å². The van der Waals surface area contributed by atoms with Gasteiger partial charge in [-0.05, 0) is 12.8 Å². The van der Waals surface area contributed by atoms with E-state index in [1.54, 1.807) is 0 Å². The van der Waals surface area contributed by atoms with Crippen molar-refractivity contribution in [1.29, 1.82) is 0 Å². The van der Waals surface area contributed by atoms with Crippen LogP contribution in [-0.2, 0) is 0 Å². The van der Waals surface area contributed by atoms with E-state index < -0.39 is 0 Å². The van der Waals surface area contributed by atoms with Gasteiger partial charge in [-0.3, -0.25) is 0 Å². The highest BCUT2D eigenvalue weighted by Crippen LogP contribution is 1.98. The van der Waals surface area contributed by atoms with Crippen molar-refractivity contribution in [1.82, 2.24) is 0 Å². The molecule has 0 aliphatic heterocycles. The van der Waals surface area contributed by atoms with E-state index in [-0.39, 0.29) is 0 Å². The average molecular weight is 81.1 g/mol. The zero-order valence-electron chi connectivity index (χ0n) is 3.72. The van der Waals surface area contributed by atoms with Gasteiger partial charge in [0.05, 0.1) is 0 Å². The van der Waals surface area contributed by atoms with Gasteiger partial charge in [-0.15, -0.1) is 0 Å². The van der Waals surface area contributed by atoms with Crippen LogP contribution >= 0.6 is 0 Å². The van der Waals surface area contributed by atoms with Gasteiger partial charge in [-0.25, -0.2) is 0 Å². The van der Waals surface area contributed by atoms with Crippen LogP contribution in [0, 0.1) is 0 Å². The Kier molecular flexibility index (Phi) is 1.10. The SMILES string of the molecule is C1=CC[13CH2]C=C1. The first kappa shape index (κ1) is 3.66. The Bertz CT molecular complexity index is 66.0. The third kappa shape index (κ3) is 0.713. The third-order valence-corrected chi connectivity index (χ3v) is 0.883. The van der Waals surface area contributed by atoms with E-state index in [1.165, 1.54) is 12.8 Å². The molecule has 32 valence electrons. The molecule has 0 aromatic carbocycles. The maximum Gasteiger partial charge on any atom is -0.0313 e. The molecule has 0 saturated heterocycles. The third-order valence-electron chi connectivity index (χ3n) is 0.883. The lowest BCUT2D eigenvalue weighted by atomic mass is 10.3. The molecule has 0 radical (unpaired) electrons. The zero-order chi connectivity index (χ0) is 4.24. The van der Waals surface area contributed by atoms with E-state index in [1.807, 2.05) is 0 Å². The molecule has 0 aromatic heterocycles. The highest BCUT2D eigenvalue weighted by Gasteiger charge is 1.77. The number of rotatable bonds is 0. The van der Waals surface area contributed by atoms with E-state index in [4.69, 9.17) is 0 Å². The molecule has 1 rings (SSSR count). The Balaban J connectivity index is 2.46. The molecular weight excluding hydrogens is 73.1 g/mol. The maximum atomic E-state index is 2.18. The summed E-state index contributed by atoms with van der Waals surface area (Å²) in [5.74, 6) is 0. The van der Waals surface area contributed by atoms with E-state index in [2.05, 4.69) is 24.3 Å². The Morgan fingerprint density at radius 2 is 1.33 bits per heavy atom. The van der Waals surface area contributed by atoms with Crippen molar-refractivity contribution >= 4 is 0 Å². The van der Waals surface area contributed by atoms with Gasteiger partial charge in [0.25, 0.3) is 0 Å². The molecule has 0 saturated carbocycles. The summed E-state index contributed by atoms with van der Waals surface area (Å²) in [7, 11) is 0. The first-order valence-corrected chi connectivity index (χ1v) is 2.32. The summed E-state index contributed by atoms with van der Waals surface area (Å²) >= 11 is 0. The molecule has 0 aromatic rings. The van der Waals surface area contributed by atoms with Crippen molar-refractivity contribution in [2.45, 2.75) is 12.8 Å². The Morgan fingerprint density at radius 3 is 1.50 bits per heavy atom. The minimum absolute atomic E-state index is 1.23. The summed E-state index contributed by atoms with van der Waals surface area (Å²) in [6.07, 6.45) is 11.0. The topological polar surface area (TPSA) is 0 Å². The Hall–Kier alpha value is -0.520. The van der Waals surface area contributed by atoms with Gasteiger partial charge < -0.3 is 0 Å². The summed E-state index contributed by atoms with van der Waals surface area (Å²) in [6, 6.07) is 0. The minimum atomic E-state index is 1.23. The van der Waals surface area contributed by atoms with Crippen LogP contribution in [0.3, 0.4) is 0 Å². The largest absolute Gasteiger partial charge is 0.0842 e. The highest BCUT2D eigenvalue weighted by atomic mass is 14.2. The van der Waals surface area contributed by atoms with Gasteiger partial charge in [0.2, 0.25) is 0 Å². The van der Waals surface area contributed by atoms with Gasteiger partial charge >= 0.3 is 0 Å². The van der Waals surface area contributed by atoms with E-state index in [0.29, 0.717) is 0 Å². The van der Waals surface area contributed by atoms with Crippen molar-refractivity contribution in [2.75, 3.05) is 0 Å². The van der Waals surface area contributed by atoms with Crippen molar-refractivity contribution < 1.29 is 0 Å². The summed E-state index contributed by atoms with van der Waals surface area (Å²) in [5, 5.41) is 0. The number of hydrogen-bond donors (Lipinski definition) is 0. The van der Waals surface area contributed by atoms with Crippen LogP contribution in [0.5, 0.6) is 0 Å². The lowest BCUT2D eigenvalue weighted by Crippen LogP contribution is -1.67. The number of allylic oxidation sites excluding steroid dienone is 4. The molecule has 0 heterocycles. The standard InChI is InChI=1S/C6H8/c1-2-4-6-5-3-1/h1-4H,5-6H2/i5+1. The second kappa shape index (κ2) is 1.81. The van der Waals surface area contributed by atoms with Crippen molar-refractivity contribution in [2.24, 2.45) is 0 Å². The molecule has 0 unspecified atom stereocenters. The van der Waals surface area contributed by atoms with Crippen molar-refractivity contribution in [3.63, 3.8) is 0 Å². The molecular formula is C6H8. The molecule has 0 N–H and O–H groups in total. The fourth-order valence-electron chi connectivity index (χ4n) is 0.542. The average Bonchev–Trinajstić information content (AvgIpc) is 1.72. The monoisotopic (exact) mass is 81.1 g/mol. The Morgan fingerprint density at radius 1 is 0.833 bits per heavy atom. The normalized spacial score (nSPS) is 18.7. The predicted molar refractivity (Wildman–Crippen MR) is 27.5 cm³/mol. The molecule has 0 heteroatoms. The lowest BCUT2D eigenvalue weighted by Gasteiger charge is -1.88. The lowest BCUT2D eigenvalue weighted by molar-refractivity contribution is 1.04. The van der Waals surface area contributed by atoms with Gasteiger partial charge in [0.1, 0.15) is 0 Å². The summed E-state index contributed by atoms with van der Waals surface area (Å²) in [6.45, 7) is 0. The van der Waals surface area contributed by atoms with Crippen LogP contribution in [0.2, 0.25) is 0 Å². The van der Waals surface area contributed by atoms with Crippen LogP contribution in [0.15, 0.2) is 24.3 Å². The van der Waals surface area contributed by atoms with Crippen molar-refractivity contribution in [3.8, 4) is 0 Å². The van der Waals surface area contributed by atoms with Crippen molar-refractivity contribution in [3.05, 3.63) is 24.3 Å². The molecule has 0 fully saturated rings. The number of hydrogen-bond acceptors (Lipinski definition) is 0. The first-order valence-electron chi connectivity index (χ1n) is 2.32. The quantitative estimate of drug-likeness (QED) is 0.390. The van der Waals surface area contributed by atoms with Crippen LogP contribution in [-0.4, -0.2) is 0 Å². The molecule has 0 nitrogen and oxygen atoms in total. The fraction of sp³-hybridized carbons (Fsp3) is 0.333. The van der Waals surface area contributed by atoms with Crippen LogP contribution in [0.4, 0.5) is 0 Å². The first-order chi connectivity index (χ1) is 3.00. The van der Waals surface area contributed by atoms with Gasteiger partial charge in [-0.1, -0.05) is 24.3 Å². The molecule has 1 aliphatic rings. The second-order valence-electron chi connectivity index (χ2n) is 1.43. The molecule has 0 atom stereocenters. The Labute approximate surface area is 38.2 Å². The molecule has 0 amide bonds. The fourth-order valence-corrected chi connectivity index (χ4v) is 0.542. The summed E-state index contributed by atoms with van der Waals surface area (Å²) < 4.78 is 0. The second-order valence-corrected chi connectivity index (χ2v) is 1.43. The molecule has 1 aliphatic carbocycles. The van der Waals surface area contributed by atoms with E-state index in [0.717, 1.165) is 0 Å². The smallest absolute Gasteiger partial charge is 0.0313 e. The van der Waals surface area contributed by atoms with Gasteiger partial charge in [-0.2, -0.15) is 0 Å². The minimum Gasteiger partial charge on any atom is -0.0842 e. The van der Waals surface area contributed by atoms with E-state index in [9.17, 15) is 0 Å².